The van der Waals surface area contributed by atoms with E-state index in [0.717, 1.165) is 12.1 Å². The SMILES string of the molecule is CCNCC(=O)NCCc1ccc(F)c(Cl)c1. The van der Waals surface area contributed by atoms with Gasteiger partial charge in [-0.05, 0) is 30.7 Å². The molecule has 0 radical (unpaired) electrons. The van der Waals surface area contributed by atoms with Crippen LogP contribution in [0.25, 0.3) is 0 Å². The quantitative estimate of drug-likeness (QED) is 0.816. The average Bonchev–Trinajstić information content (AvgIpc) is 2.31. The van der Waals surface area contributed by atoms with Crippen LogP contribution in [0.5, 0.6) is 0 Å². The van der Waals surface area contributed by atoms with Crippen molar-refractivity contribution < 1.29 is 9.18 Å². The highest BCUT2D eigenvalue weighted by Crippen LogP contribution is 2.15. The molecule has 0 aliphatic heterocycles. The summed E-state index contributed by atoms with van der Waals surface area (Å²) < 4.78 is 12.9. The van der Waals surface area contributed by atoms with Crippen molar-refractivity contribution in [1.82, 2.24) is 10.6 Å². The number of hydrogen-bond donors (Lipinski definition) is 2. The summed E-state index contributed by atoms with van der Waals surface area (Å²) >= 11 is 5.65. The predicted octanol–water partition coefficient (Wildman–Crippen LogP) is 1.75. The molecule has 2 N–H and O–H groups in total. The number of nitrogens with one attached hydrogen (secondary N) is 2. The lowest BCUT2D eigenvalue weighted by molar-refractivity contribution is -0.120. The molecule has 0 atom stereocenters. The maximum atomic E-state index is 12.9. The lowest BCUT2D eigenvalue weighted by atomic mass is 10.1. The fourth-order valence-corrected chi connectivity index (χ4v) is 1.55. The maximum absolute atomic E-state index is 12.9. The van der Waals surface area contributed by atoms with Crippen LogP contribution in [0.3, 0.4) is 0 Å². The first-order valence-electron chi connectivity index (χ1n) is 5.54. The van der Waals surface area contributed by atoms with Crippen LogP contribution in [0.1, 0.15) is 12.5 Å². The second-order valence-corrected chi connectivity index (χ2v) is 4.04. The van der Waals surface area contributed by atoms with Crippen molar-refractivity contribution in [2.45, 2.75) is 13.3 Å². The summed E-state index contributed by atoms with van der Waals surface area (Å²) in [5, 5.41) is 5.80. The smallest absolute Gasteiger partial charge is 0.233 e. The molecule has 0 aliphatic carbocycles. The number of halogens is 2. The number of carbonyl (C=O) groups is 1. The van der Waals surface area contributed by atoms with E-state index in [2.05, 4.69) is 10.6 Å². The number of carbonyl (C=O) groups excluding carboxylic acids is 1. The summed E-state index contributed by atoms with van der Waals surface area (Å²) in [7, 11) is 0. The Kier molecular flexibility index (Phi) is 5.94. The molecule has 1 aromatic rings. The summed E-state index contributed by atoms with van der Waals surface area (Å²) in [4.78, 5) is 11.3. The predicted molar refractivity (Wildman–Crippen MR) is 66.7 cm³/mol. The van der Waals surface area contributed by atoms with Gasteiger partial charge < -0.3 is 10.6 Å². The van der Waals surface area contributed by atoms with E-state index >= 15 is 0 Å². The molecule has 94 valence electrons. The van der Waals surface area contributed by atoms with E-state index in [0.29, 0.717) is 19.5 Å². The molecular weight excluding hydrogens is 243 g/mol. The van der Waals surface area contributed by atoms with Crippen LogP contribution in [-0.2, 0) is 11.2 Å². The highest BCUT2D eigenvalue weighted by Gasteiger charge is 2.02. The highest BCUT2D eigenvalue weighted by atomic mass is 35.5. The van der Waals surface area contributed by atoms with Gasteiger partial charge in [-0.15, -0.1) is 0 Å². The van der Waals surface area contributed by atoms with Crippen molar-refractivity contribution in [2.24, 2.45) is 0 Å². The molecule has 0 saturated carbocycles. The first-order chi connectivity index (χ1) is 8.13. The van der Waals surface area contributed by atoms with Crippen molar-refractivity contribution in [1.29, 1.82) is 0 Å². The molecule has 0 unspecified atom stereocenters. The van der Waals surface area contributed by atoms with Crippen LogP contribution in [0.4, 0.5) is 4.39 Å². The van der Waals surface area contributed by atoms with Gasteiger partial charge in [0.2, 0.25) is 5.91 Å². The third kappa shape index (κ3) is 5.15. The summed E-state index contributed by atoms with van der Waals surface area (Å²) in [6, 6.07) is 4.57. The zero-order valence-corrected chi connectivity index (χ0v) is 10.5. The second-order valence-electron chi connectivity index (χ2n) is 3.63. The molecule has 5 heteroatoms. The van der Waals surface area contributed by atoms with Crippen molar-refractivity contribution in [3.05, 3.63) is 34.6 Å². The third-order valence-electron chi connectivity index (χ3n) is 2.26. The van der Waals surface area contributed by atoms with Crippen molar-refractivity contribution >= 4 is 17.5 Å². The van der Waals surface area contributed by atoms with Gasteiger partial charge in [-0.2, -0.15) is 0 Å². The lowest BCUT2D eigenvalue weighted by Gasteiger charge is -2.06. The Morgan fingerprint density at radius 2 is 2.24 bits per heavy atom. The van der Waals surface area contributed by atoms with Crippen LogP contribution in [0, 0.1) is 5.82 Å². The molecule has 1 aromatic carbocycles. The zero-order valence-electron chi connectivity index (χ0n) is 9.72. The van der Waals surface area contributed by atoms with E-state index < -0.39 is 5.82 Å². The second kappa shape index (κ2) is 7.25. The average molecular weight is 259 g/mol. The Morgan fingerprint density at radius 3 is 2.88 bits per heavy atom. The van der Waals surface area contributed by atoms with Crippen LogP contribution in [0.15, 0.2) is 18.2 Å². The summed E-state index contributed by atoms with van der Waals surface area (Å²) in [6.07, 6.45) is 0.637. The van der Waals surface area contributed by atoms with E-state index in [1.807, 2.05) is 6.92 Å². The van der Waals surface area contributed by atoms with Gasteiger partial charge in [-0.25, -0.2) is 4.39 Å². The zero-order chi connectivity index (χ0) is 12.7. The molecular formula is C12H16ClFN2O. The Labute approximate surface area is 105 Å². The largest absolute Gasteiger partial charge is 0.355 e. The van der Waals surface area contributed by atoms with E-state index in [4.69, 9.17) is 11.6 Å². The molecule has 0 saturated heterocycles. The number of benzene rings is 1. The van der Waals surface area contributed by atoms with Crippen LogP contribution >= 0.6 is 11.6 Å². The maximum Gasteiger partial charge on any atom is 0.233 e. The molecule has 0 heterocycles. The van der Waals surface area contributed by atoms with Gasteiger partial charge in [0.15, 0.2) is 0 Å². The minimum Gasteiger partial charge on any atom is -0.355 e. The molecule has 17 heavy (non-hydrogen) atoms. The molecule has 1 amide bonds. The monoisotopic (exact) mass is 258 g/mol. The summed E-state index contributed by atoms with van der Waals surface area (Å²) in [6.45, 7) is 3.54. The topological polar surface area (TPSA) is 41.1 Å². The fourth-order valence-electron chi connectivity index (χ4n) is 1.34. The van der Waals surface area contributed by atoms with Gasteiger partial charge >= 0.3 is 0 Å². The standard InChI is InChI=1S/C12H16ClFN2O/c1-2-15-8-12(17)16-6-5-9-3-4-11(14)10(13)7-9/h3-4,7,15H,2,5-6,8H2,1H3,(H,16,17). The van der Waals surface area contributed by atoms with Gasteiger partial charge in [0.25, 0.3) is 0 Å². The molecule has 0 spiro atoms. The first kappa shape index (κ1) is 13.9. The van der Waals surface area contributed by atoms with Gasteiger partial charge in [0, 0.05) is 6.54 Å². The summed E-state index contributed by atoms with van der Waals surface area (Å²) in [5.74, 6) is -0.466. The van der Waals surface area contributed by atoms with E-state index in [1.165, 1.54) is 6.07 Å². The minimum atomic E-state index is -0.424. The van der Waals surface area contributed by atoms with Crippen LogP contribution in [-0.4, -0.2) is 25.5 Å². The van der Waals surface area contributed by atoms with E-state index in [9.17, 15) is 9.18 Å². The number of hydrogen-bond acceptors (Lipinski definition) is 2. The molecule has 3 nitrogen and oxygen atoms in total. The Balaban J connectivity index is 2.30. The fraction of sp³-hybridized carbons (Fsp3) is 0.417. The van der Waals surface area contributed by atoms with E-state index in [-0.39, 0.29) is 10.9 Å². The number of amides is 1. The Bertz CT molecular complexity index is 385. The third-order valence-corrected chi connectivity index (χ3v) is 2.55. The highest BCUT2D eigenvalue weighted by molar-refractivity contribution is 6.30. The molecule has 0 fully saturated rings. The molecule has 0 aliphatic rings. The van der Waals surface area contributed by atoms with Gasteiger partial charge in [-0.3, -0.25) is 4.79 Å². The van der Waals surface area contributed by atoms with Crippen molar-refractivity contribution in [3.63, 3.8) is 0 Å². The van der Waals surface area contributed by atoms with E-state index in [1.54, 1.807) is 12.1 Å². The normalized spacial score (nSPS) is 10.3. The van der Waals surface area contributed by atoms with Crippen molar-refractivity contribution in [2.75, 3.05) is 19.6 Å². The Morgan fingerprint density at radius 1 is 1.47 bits per heavy atom. The number of likely N-dealkylation sites (N-methyl/N-ethyl adjacent to an activating group) is 1. The van der Waals surface area contributed by atoms with Gasteiger partial charge in [-0.1, -0.05) is 24.6 Å². The molecule has 0 aromatic heterocycles. The summed E-state index contributed by atoms with van der Waals surface area (Å²) in [5.41, 5.74) is 0.903. The van der Waals surface area contributed by atoms with Crippen molar-refractivity contribution in [3.8, 4) is 0 Å². The molecule has 0 bridgehead atoms. The Hall–Kier alpha value is -1.13. The van der Waals surface area contributed by atoms with Crippen LogP contribution in [0.2, 0.25) is 5.02 Å². The molecule has 1 rings (SSSR count). The lowest BCUT2D eigenvalue weighted by Crippen LogP contribution is -2.34. The van der Waals surface area contributed by atoms with Gasteiger partial charge in [0.05, 0.1) is 11.6 Å². The van der Waals surface area contributed by atoms with Crippen LogP contribution < -0.4 is 10.6 Å². The van der Waals surface area contributed by atoms with Gasteiger partial charge in [0.1, 0.15) is 5.82 Å². The minimum absolute atomic E-state index is 0.0416. The number of rotatable bonds is 6. The first-order valence-corrected chi connectivity index (χ1v) is 5.92.